The lowest BCUT2D eigenvalue weighted by Gasteiger charge is -2.30. The molecule has 1 heterocycles. The molecule has 0 aliphatic carbocycles. The lowest BCUT2D eigenvalue weighted by atomic mass is 9.97. The highest BCUT2D eigenvalue weighted by Gasteiger charge is 2.19. The van der Waals surface area contributed by atoms with E-state index in [0.717, 1.165) is 18.8 Å². The summed E-state index contributed by atoms with van der Waals surface area (Å²) in [5.41, 5.74) is 1.43. The average Bonchev–Trinajstić information content (AvgIpc) is 2.47. The second-order valence-corrected chi connectivity index (χ2v) is 7.00. The van der Waals surface area contributed by atoms with Crippen LogP contribution in [0.1, 0.15) is 47.2 Å². The Morgan fingerprint density at radius 3 is 2.24 bits per heavy atom. The minimum atomic E-state index is 0.161. The fourth-order valence-corrected chi connectivity index (χ4v) is 1.45. The molecule has 0 atom stereocenters. The molecule has 17 heavy (non-hydrogen) atoms. The van der Waals surface area contributed by atoms with Gasteiger partial charge in [-0.1, -0.05) is 26.0 Å². The first-order chi connectivity index (χ1) is 7.58. The lowest BCUT2D eigenvalue weighted by Crippen LogP contribution is -2.37. The third-order valence-corrected chi connectivity index (χ3v) is 2.77. The van der Waals surface area contributed by atoms with E-state index in [-0.39, 0.29) is 11.0 Å². The molecule has 4 heteroatoms. The zero-order valence-electron chi connectivity index (χ0n) is 12.3. The van der Waals surface area contributed by atoms with Crippen LogP contribution in [-0.2, 0) is 13.1 Å². The van der Waals surface area contributed by atoms with Crippen molar-refractivity contribution in [3.63, 3.8) is 0 Å². The standard InChI is InChI=1S/C13H26N4/c1-12(2,3)10-17-9-11(14-15-17)8-16(7)13(4,5)6/h9H,8,10H2,1-7H3. The summed E-state index contributed by atoms with van der Waals surface area (Å²) in [6, 6.07) is 0. The molecule has 0 unspecified atom stereocenters. The summed E-state index contributed by atoms with van der Waals surface area (Å²) < 4.78 is 1.94. The van der Waals surface area contributed by atoms with E-state index in [1.54, 1.807) is 0 Å². The molecule has 0 spiro atoms. The molecule has 0 bridgehead atoms. The monoisotopic (exact) mass is 238 g/mol. The van der Waals surface area contributed by atoms with E-state index in [1.807, 2.05) is 10.9 Å². The molecule has 0 radical (unpaired) electrons. The van der Waals surface area contributed by atoms with Crippen LogP contribution < -0.4 is 0 Å². The fraction of sp³-hybridized carbons (Fsp3) is 0.846. The maximum Gasteiger partial charge on any atom is 0.0967 e. The van der Waals surface area contributed by atoms with Gasteiger partial charge in [0, 0.05) is 24.8 Å². The van der Waals surface area contributed by atoms with Crippen LogP contribution in [0, 0.1) is 5.41 Å². The number of hydrogen-bond acceptors (Lipinski definition) is 3. The highest BCUT2D eigenvalue weighted by Crippen LogP contribution is 2.17. The molecule has 1 aromatic heterocycles. The highest BCUT2D eigenvalue weighted by atomic mass is 15.4. The van der Waals surface area contributed by atoms with E-state index in [0.29, 0.717) is 0 Å². The first kappa shape index (κ1) is 14.2. The summed E-state index contributed by atoms with van der Waals surface area (Å²) in [7, 11) is 2.11. The van der Waals surface area contributed by atoms with Gasteiger partial charge >= 0.3 is 0 Å². The summed E-state index contributed by atoms with van der Waals surface area (Å²) in [5, 5.41) is 8.40. The molecule has 0 aliphatic rings. The van der Waals surface area contributed by atoms with Crippen molar-refractivity contribution in [2.24, 2.45) is 5.41 Å². The first-order valence-electron chi connectivity index (χ1n) is 6.18. The Kier molecular flexibility index (Phi) is 3.97. The van der Waals surface area contributed by atoms with Gasteiger partial charge in [-0.3, -0.25) is 9.58 Å². The predicted octanol–water partition coefficient (Wildman–Crippen LogP) is 2.55. The van der Waals surface area contributed by atoms with Gasteiger partial charge in [-0.05, 0) is 33.2 Å². The van der Waals surface area contributed by atoms with Crippen molar-refractivity contribution in [3.05, 3.63) is 11.9 Å². The molecule has 0 saturated heterocycles. The van der Waals surface area contributed by atoms with Gasteiger partial charge in [-0.25, -0.2) is 0 Å². The number of aromatic nitrogens is 3. The van der Waals surface area contributed by atoms with Crippen molar-refractivity contribution in [2.45, 2.75) is 60.2 Å². The Bertz CT molecular complexity index is 354. The molecular formula is C13H26N4. The number of hydrogen-bond donors (Lipinski definition) is 0. The lowest BCUT2D eigenvalue weighted by molar-refractivity contribution is 0.165. The Morgan fingerprint density at radius 2 is 1.76 bits per heavy atom. The molecule has 0 amide bonds. The minimum absolute atomic E-state index is 0.161. The summed E-state index contributed by atoms with van der Waals surface area (Å²) in [6.45, 7) is 15.0. The second-order valence-electron chi connectivity index (χ2n) is 7.00. The van der Waals surface area contributed by atoms with Crippen molar-refractivity contribution in [2.75, 3.05) is 7.05 Å². The Labute approximate surface area is 105 Å². The van der Waals surface area contributed by atoms with E-state index in [9.17, 15) is 0 Å². The van der Waals surface area contributed by atoms with Gasteiger partial charge in [0.1, 0.15) is 0 Å². The quantitative estimate of drug-likeness (QED) is 0.811. The van der Waals surface area contributed by atoms with E-state index >= 15 is 0 Å². The highest BCUT2D eigenvalue weighted by molar-refractivity contribution is 4.94. The van der Waals surface area contributed by atoms with Crippen molar-refractivity contribution < 1.29 is 0 Å². The van der Waals surface area contributed by atoms with Gasteiger partial charge < -0.3 is 0 Å². The largest absolute Gasteiger partial charge is 0.296 e. The zero-order valence-corrected chi connectivity index (χ0v) is 12.3. The second kappa shape index (κ2) is 4.77. The van der Waals surface area contributed by atoms with Crippen LogP contribution in [0.3, 0.4) is 0 Å². The topological polar surface area (TPSA) is 34.0 Å². The molecule has 0 fully saturated rings. The minimum Gasteiger partial charge on any atom is -0.296 e. The summed E-state index contributed by atoms with van der Waals surface area (Å²) in [5.74, 6) is 0. The average molecular weight is 238 g/mol. The Balaban J connectivity index is 2.63. The van der Waals surface area contributed by atoms with Crippen LogP contribution in [0.4, 0.5) is 0 Å². The van der Waals surface area contributed by atoms with Crippen molar-refractivity contribution in [3.8, 4) is 0 Å². The summed E-state index contributed by atoms with van der Waals surface area (Å²) >= 11 is 0. The number of nitrogens with zero attached hydrogens (tertiary/aromatic N) is 4. The van der Waals surface area contributed by atoms with Gasteiger partial charge in [-0.2, -0.15) is 0 Å². The Morgan fingerprint density at radius 1 is 1.18 bits per heavy atom. The van der Waals surface area contributed by atoms with Crippen LogP contribution in [0.2, 0.25) is 0 Å². The smallest absolute Gasteiger partial charge is 0.0967 e. The maximum atomic E-state index is 4.23. The zero-order chi connectivity index (χ0) is 13.3. The predicted molar refractivity (Wildman–Crippen MR) is 70.7 cm³/mol. The van der Waals surface area contributed by atoms with Crippen LogP contribution in [0.25, 0.3) is 0 Å². The molecule has 4 nitrogen and oxygen atoms in total. The SMILES string of the molecule is CN(Cc1cn(CC(C)(C)C)nn1)C(C)(C)C. The fourth-order valence-electron chi connectivity index (χ4n) is 1.45. The van der Waals surface area contributed by atoms with Crippen LogP contribution in [0.5, 0.6) is 0 Å². The molecule has 0 N–H and O–H groups in total. The van der Waals surface area contributed by atoms with E-state index in [4.69, 9.17) is 0 Å². The molecule has 1 aromatic rings. The Hall–Kier alpha value is -0.900. The van der Waals surface area contributed by atoms with Crippen molar-refractivity contribution in [1.29, 1.82) is 0 Å². The van der Waals surface area contributed by atoms with Gasteiger partial charge in [0.05, 0.1) is 5.69 Å². The third-order valence-electron chi connectivity index (χ3n) is 2.77. The van der Waals surface area contributed by atoms with Gasteiger partial charge in [0.25, 0.3) is 0 Å². The first-order valence-corrected chi connectivity index (χ1v) is 6.18. The molecule has 1 rings (SSSR count). The third kappa shape index (κ3) is 4.86. The normalized spacial score (nSPS) is 13.4. The molecule has 98 valence electrons. The van der Waals surface area contributed by atoms with Gasteiger partial charge in [0.2, 0.25) is 0 Å². The van der Waals surface area contributed by atoms with Crippen LogP contribution >= 0.6 is 0 Å². The maximum absolute atomic E-state index is 4.23. The summed E-state index contributed by atoms with van der Waals surface area (Å²) in [4.78, 5) is 2.28. The molecular weight excluding hydrogens is 212 g/mol. The van der Waals surface area contributed by atoms with Gasteiger partial charge in [0.15, 0.2) is 0 Å². The van der Waals surface area contributed by atoms with E-state index < -0.39 is 0 Å². The molecule has 0 saturated carbocycles. The molecule has 0 aromatic carbocycles. The van der Waals surface area contributed by atoms with Crippen molar-refractivity contribution >= 4 is 0 Å². The van der Waals surface area contributed by atoms with E-state index in [2.05, 4.69) is 63.8 Å². The van der Waals surface area contributed by atoms with Crippen molar-refractivity contribution in [1.82, 2.24) is 19.9 Å². The van der Waals surface area contributed by atoms with Crippen LogP contribution in [-0.4, -0.2) is 32.5 Å². The van der Waals surface area contributed by atoms with Crippen LogP contribution in [0.15, 0.2) is 6.20 Å². The van der Waals surface area contributed by atoms with E-state index in [1.165, 1.54) is 0 Å². The van der Waals surface area contributed by atoms with Gasteiger partial charge in [-0.15, -0.1) is 5.10 Å². The number of rotatable bonds is 3. The summed E-state index contributed by atoms with van der Waals surface area (Å²) in [6.07, 6.45) is 2.05. The molecule has 0 aliphatic heterocycles.